The molecule has 1 aromatic rings. The number of rotatable bonds is 5. The molecule has 2 unspecified atom stereocenters. The van der Waals surface area contributed by atoms with Crippen molar-refractivity contribution < 1.29 is 9.84 Å². The molecule has 0 saturated carbocycles. The Morgan fingerprint density at radius 3 is 2.81 bits per heavy atom. The highest BCUT2D eigenvalue weighted by Gasteiger charge is 2.30. The van der Waals surface area contributed by atoms with Gasteiger partial charge in [0.15, 0.2) is 11.5 Å². The fourth-order valence-corrected chi connectivity index (χ4v) is 3.16. The number of likely N-dealkylation sites (N-methyl/N-ethyl adjacent to an activating group) is 1. The fourth-order valence-electron chi connectivity index (χ4n) is 3.16. The van der Waals surface area contributed by atoms with Crippen LogP contribution in [0.3, 0.4) is 0 Å². The molecule has 21 heavy (non-hydrogen) atoms. The standard InChI is InChI=1S/C16H27N3O2/c1-4-13-11-18(2)7-8-19(13)14(10-17)12-5-6-15(20)16(9-12)21-3/h5-6,9,13-14,20H,4,7-8,10-11,17H2,1-3H3. The van der Waals surface area contributed by atoms with E-state index in [4.69, 9.17) is 10.5 Å². The van der Waals surface area contributed by atoms with Crippen molar-refractivity contribution >= 4 is 0 Å². The van der Waals surface area contributed by atoms with Crippen molar-refractivity contribution in [3.05, 3.63) is 23.8 Å². The summed E-state index contributed by atoms with van der Waals surface area (Å²) in [5.41, 5.74) is 7.16. The van der Waals surface area contributed by atoms with Crippen LogP contribution in [0.15, 0.2) is 18.2 Å². The number of nitrogens with two attached hydrogens (primary N) is 1. The third-order valence-corrected chi connectivity index (χ3v) is 4.41. The molecule has 0 radical (unpaired) electrons. The van der Waals surface area contributed by atoms with E-state index < -0.39 is 0 Å². The molecule has 118 valence electrons. The highest BCUT2D eigenvalue weighted by molar-refractivity contribution is 5.42. The molecule has 0 aromatic heterocycles. The van der Waals surface area contributed by atoms with Gasteiger partial charge in [0.1, 0.15) is 0 Å². The molecule has 1 aromatic carbocycles. The number of hydrogen-bond acceptors (Lipinski definition) is 5. The summed E-state index contributed by atoms with van der Waals surface area (Å²) in [7, 11) is 3.74. The Morgan fingerprint density at radius 1 is 1.43 bits per heavy atom. The van der Waals surface area contributed by atoms with Crippen LogP contribution in [-0.2, 0) is 0 Å². The summed E-state index contributed by atoms with van der Waals surface area (Å²) in [5, 5.41) is 9.76. The molecule has 1 fully saturated rings. The van der Waals surface area contributed by atoms with Crippen LogP contribution in [-0.4, -0.2) is 61.3 Å². The minimum atomic E-state index is 0.165. The molecule has 0 aliphatic carbocycles. The van der Waals surface area contributed by atoms with Crippen molar-refractivity contribution in [2.75, 3.05) is 40.3 Å². The van der Waals surface area contributed by atoms with Gasteiger partial charge < -0.3 is 20.5 Å². The molecule has 5 nitrogen and oxygen atoms in total. The number of methoxy groups -OCH3 is 1. The lowest BCUT2D eigenvalue weighted by atomic mass is 9.99. The predicted octanol–water partition coefficient (Wildman–Crippen LogP) is 1.43. The zero-order valence-corrected chi connectivity index (χ0v) is 13.2. The second-order valence-electron chi connectivity index (χ2n) is 5.74. The lowest BCUT2D eigenvalue weighted by molar-refractivity contribution is 0.0520. The van der Waals surface area contributed by atoms with Gasteiger partial charge in [-0.3, -0.25) is 4.90 Å². The normalized spacial score (nSPS) is 22.2. The first-order chi connectivity index (χ1) is 10.1. The average molecular weight is 293 g/mol. The van der Waals surface area contributed by atoms with Gasteiger partial charge >= 0.3 is 0 Å². The number of benzene rings is 1. The number of aromatic hydroxyl groups is 1. The number of hydrogen-bond donors (Lipinski definition) is 2. The maximum Gasteiger partial charge on any atom is 0.160 e. The highest BCUT2D eigenvalue weighted by atomic mass is 16.5. The summed E-state index contributed by atoms with van der Waals surface area (Å²) in [6.07, 6.45) is 1.11. The first-order valence-electron chi connectivity index (χ1n) is 7.62. The van der Waals surface area contributed by atoms with Crippen LogP contribution >= 0.6 is 0 Å². The second kappa shape index (κ2) is 7.11. The first-order valence-corrected chi connectivity index (χ1v) is 7.62. The molecule has 2 atom stereocenters. The van der Waals surface area contributed by atoms with E-state index in [1.807, 2.05) is 12.1 Å². The van der Waals surface area contributed by atoms with Crippen LogP contribution < -0.4 is 10.5 Å². The van der Waals surface area contributed by atoms with E-state index in [1.54, 1.807) is 13.2 Å². The fraction of sp³-hybridized carbons (Fsp3) is 0.625. The molecular weight excluding hydrogens is 266 g/mol. The third-order valence-electron chi connectivity index (χ3n) is 4.41. The number of piperazine rings is 1. The van der Waals surface area contributed by atoms with Crippen LogP contribution in [0.25, 0.3) is 0 Å². The van der Waals surface area contributed by atoms with Crippen LogP contribution in [0.2, 0.25) is 0 Å². The van der Waals surface area contributed by atoms with E-state index in [0.717, 1.165) is 31.6 Å². The average Bonchev–Trinajstić information content (AvgIpc) is 2.50. The SMILES string of the molecule is CCC1CN(C)CCN1C(CN)c1ccc(O)c(OC)c1. The lowest BCUT2D eigenvalue weighted by Gasteiger charge is -2.44. The summed E-state index contributed by atoms with van der Waals surface area (Å²) >= 11 is 0. The summed E-state index contributed by atoms with van der Waals surface area (Å²) in [5.74, 6) is 0.676. The van der Waals surface area contributed by atoms with E-state index in [0.29, 0.717) is 18.3 Å². The van der Waals surface area contributed by atoms with Gasteiger partial charge in [-0.2, -0.15) is 0 Å². The largest absolute Gasteiger partial charge is 0.504 e. The topological polar surface area (TPSA) is 62.0 Å². The second-order valence-corrected chi connectivity index (χ2v) is 5.74. The van der Waals surface area contributed by atoms with Gasteiger partial charge in [0.2, 0.25) is 0 Å². The minimum Gasteiger partial charge on any atom is -0.504 e. The highest BCUT2D eigenvalue weighted by Crippen LogP contribution is 2.32. The van der Waals surface area contributed by atoms with Gasteiger partial charge in [0, 0.05) is 38.3 Å². The Hall–Kier alpha value is -1.30. The number of nitrogens with zero attached hydrogens (tertiary/aromatic N) is 2. The van der Waals surface area contributed by atoms with E-state index in [9.17, 15) is 5.11 Å². The van der Waals surface area contributed by atoms with E-state index in [1.165, 1.54) is 0 Å². The monoisotopic (exact) mass is 293 g/mol. The molecule has 0 spiro atoms. The minimum absolute atomic E-state index is 0.165. The maximum absolute atomic E-state index is 9.76. The Kier molecular flexibility index (Phi) is 5.45. The molecule has 3 N–H and O–H groups in total. The van der Waals surface area contributed by atoms with Crippen molar-refractivity contribution in [1.82, 2.24) is 9.80 Å². The van der Waals surface area contributed by atoms with Crippen LogP contribution in [0.1, 0.15) is 24.9 Å². The maximum atomic E-state index is 9.76. The predicted molar refractivity (Wildman–Crippen MR) is 84.7 cm³/mol. The van der Waals surface area contributed by atoms with Gasteiger partial charge in [-0.1, -0.05) is 13.0 Å². The van der Waals surface area contributed by atoms with E-state index in [2.05, 4.69) is 23.8 Å². The quantitative estimate of drug-likeness (QED) is 0.860. The Balaban J connectivity index is 2.26. The van der Waals surface area contributed by atoms with Gasteiger partial charge in [0.25, 0.3) is 0 Å². The summed E-state index contributed by atoms with van der Waals surface area (Å²) in [6, 6.07) is 6.21. The molecule has 1 aliphatic rings. The van der Waals surface area contributed by atoms with Crippen molar-refractivity contribution in [2.45, 2.75) is 25.4 Å². The van der Waals surface area contributed by atoms with Crippen LogP contribution in [0.5, 0.6) is 11.5 Å². The van der Waals surface area contributed by atoms with Gasteiger partial charge in [-0.05, 0) is 31.2 Å². The summed E-state index contributed by atoms with van der Waals surface area (Å²) < 4.78 is 5.22. The zero-order valence-electron chi connectivity index (χ0n) is 13.2. The number of phenols is 1. The number of phenolic OH excluding ortho intramolecular Hbond substituents is 1. The lowest BCUT2D eigenvalue weighted by Crippen LogP contribution is -2.53. The Labute approximate surface area is 127 Å². The molecular formula is C16H27N3O2. The van der Waals surface area contributed by atoms with E-state index >= 15 is 0 Å². The first kappa shape index (κ1) is 16.1. The van der Waals surface area contributed by atoms with E-state index in [-0.39, 0.29) is 11.8 Å². The third kappa shape index (κ3) is 3.48. The van der Waals surface area contributed by atoms with Crippen LogP contribution in [0, 0.1) is 0 Å². The van der Waals surface area contributed by atoms with Gasteiger partial charge in [0.05, 0.1) is 7.11 Å². The Morgan fingerprint density at radius 2 is 2.19 bits per heavy atom. The summed E-state index contributed by atoms with van der Waals surface area (Å²) in [6.45, 7) is 5.93. The van der Waals surface area contributed by atoms with Gasteiger partial charge in [-0.25, -0.2) is 0 Å². The van der Waals surface area contributed by atoms with Crippen molar-refractivity contribution in [1.29, 1.82) is 0 Å². The van der Waals surface area contributed by atoms with Crippen molar-refractivity contribution in [3.8, 4) is 11.5 Å². The molecule has 1 aliphatic heterocycles. The zero-order chi connectivity index (χ0) is 15.4. The summed E-state index contributed by atoms with van der Waals surface area (Å²) in [4.78, 5) is 4.86. The molecule has 5 heteroatoms. The smallest absolute Gasteiger partial charge is 0.160 e. The van der Waals surface area contributed by atoms with Crippen LogP contribution in [0.4, 0.5) is 0 Å². The Bertz CT molecular complexity index is 467. The molecule has 1 heterocycles. The van der Waals surface area contributed by atoms with Crippen molar-refractivity contribution in [3.63, 3.8) is 0 Å². The molecule has 2 rings (SSSR count). The van der Waals surface area contributed by atoms with Crippen molar-refractivity contribution in [2.24, 2.45) is 5.73 Å². The molecule has 1 saturated heterocycles. The molecule has 0 amide bonds. The van der Waals surface area contributed by atoms with Gasteiger partial charge in [-0.15, -0.1) is 0 Å². The number of ether oxygens (including phenoxy) is 1. The molecule has 0 bridgehead atoms.